The summed E-state index contributed by atoms with van der Waals surface area (Å²) in [5, 5.41) is 8.83. The molecule has 0 fully saturated rings. The maximum Gasteiger partial charge on any atom is 0.344 e. The molecule has 0 heterocycles. The summed E-state index contributed by atoms with van der Waals surface area (Å²) in [5.41, 5.74) is 0.808. The SMILES string of the molecule is CCCCC(CC)COC(=O)c1ccccc1C(=O)Oc1ccc(C#N)cc1. The molecule has 0 amide bonds. The van der Waals surface area contributed by atoms with Crippen molar-refractivity contribution in [2.75, 3.05) is 6.61 Å². The molecule has 28 heavy (non-hydrogen) atoms. The molecule has 5 heteroatoms. The van der Waals surface area contributed by atoms with Crippen LogP contribution in [0.15, 0.2) is 48.5 Å². The lowest BCUT2D eigenvalue weighted by atomic mass is 10.0. The zero-order valence-electron chi connectivity index (χ0n) is 16.3. The minimum atomic E-state index is -0.643. The molecule has 0 aliphatic rings. The topological polar surface area (TPSA) is 76.4 Å². The largest absolute Gasteiger partial charge is 0.462 e. The Balaban J connectivity index is 2.07. The number of rotatable bonds is 9. The van der Waals surface area contributed by atoms with Crippen LogP contribution in [0.1, 0.15) is 65.8 Å². The van der Waals surface area contributed by atoms with Gasteiger partial charge >= 0.3 is 11.9 Å². The summed E-state index contributed by atoms with van der Waals surface area (Å²) >= 11 is 0. The Morgan fingerprint density at radius 2 is 1.64 bits per heavy atom. The Morgan fingerprint density at radius 1 is 1.00 bits per heavy atom. The van der Waals surface area contributed by atoms with Crippen LogP contribution in [0.2, 0.25) is 0 Å². The number of esters is 2. The molecule has 0 radical (unpaired) electrons. The first-order valence-corrected chi connectivity index (χ1v) is 9.57. The van der Waals surface area contributed by atoms with E-state index in [9.17, 15) is 9.59 Å². The summed E-state index contributed by atoms with van der Waals surface area (Å²) in [6.07, 6.45) is 4.16. The van der Waals surface area contributed by atoms with E-state index >= 15 is 0 Å². The van der Waals surface area contributed by atoms with Crippen molar-refractivity contribution in [1.82, 2.24) is 0 Å². The van der Waals surface area contributed by atoms with Crippen LogP contribution in [-0.2, 0) is 4.74 Å². The molecule has 0 aliphatic heterocycles. The summed E-state index contributed by atoms with van der Waals surface area (Å²) in [6, 6.07) is 14.7. The fraction of sp³-hybridized carbons (Fsp3) is 0.348. The number of unbranched alkanes of at least 4 members (excludes halogenated alkanes) is 1. The number of carbonyl (C=O) groups is 2. The van der Waals surface area contributed by atoms with Gasteiger partial charge in [-0.25, -0.2) is 9.59 Å². The number of nitriles is 1. The second-order valence-corrected chi connectivity index (χ2v) is 6.59. The van der Waals surface area contributed by atoms with Crippen molar-refractivity contribution in [2.24, 2.45) is 5.92 Å². The van der Waals surface area contributed by atoms with Crippen molar-refractivity contribution in [3.8, 4) is 11.8 Å². The predicted molar refractivity (Wildman–Crippen MR) is 106 cm³/mol. The van der Waals surface area contributed by atoms with E-state index in [-0.39, 0.29) is 11.1 Å². The van der Waals surface area contributed by atoms with Gasteiger partial charge in [0.15, 0.2) is 0 Å². The molecule has 0 N–H and O–H groups in total. The van der Waals surface area contributed by atoms with E-state index in [4.69, 9.17) is 14.7 Å². The van der Waals surface area contributed by atoms with Crippen LogP contribution in [-0.4, -0.2) is 18.5 Å². The van der Waals surface area contributed by atoms with Gasteiger partial charge in [0.25, 0.3) is 0 Å². The minimum absolute atomic E-state index is 0.151. The first kappa shape index (κ1) is 21.2. The fourth-order valence-corrected chi connectivity index (χ4v) is 2.77. The maximum absolute atomic E-state index is 12.5. The molecule has 0 aliphatic carbocycles. The maximum atomic E-state index is 12.5. The van der Waals surface area contributed by atoms with Gasteiger partial charge in [0, 0.05) is 0 Å². The fourth-order valence-electron chi connectivity index (χ4n) is 2.77. The molecule has 1 atom stereocenters. The second kappa shape index (κ2) is 10.9. The Morgan fingerprint density at radius 3 is 2.21 bits per heavy atom. The lowest BCUT2D eigenvalue weighted by Crippen LogP contribution is -2.18. The Hall–Kier alpha value is -3.13. The highest BCUT2D eigenvalue weighted by Gasteiger charge is 2.20. The van der Waals surface area contributed by atoms with Crippen molar-refractivity contribution in [2.45, 2.75) is 39.5 Å². The van der Waals surface area contributed by atoms with Gasteiger partial charge in [-0.05, 0) is 48.7 Å². The summed E-state index contributed by atoms with van der Waals surface area (Å²) in [6.45, 7) is 4.56. The Kier molecular flexibility index (Phi) is 8.23. The average molecular weight is 379 g/mol. The van der Waals surface area contributed by atoms with Crippen LogP contribution in [0.25, 0.3) is 0 Å². The lowest BCUT2D eigenvalue weighted by molar-refractivity contribution is 0.0422. The molecule has 2 aromatic rings. The zero-order valence-corrected chi connectivity index (χ0v) is 16.3. The van der Waals surface area contributed by atoms with Crippen molar-refractivity contribution < 1.29 is 19.1 Å². The Bertz CT molecular complexity index is 836. The van der Waals surface area contributed by atoms with E-state index in [1.807, 2.05) is 6.07 Å². The van der Waals surface area contributed by atoms with Gasteiger partial charge in [0.1, 0.15) is 5.75 Å². The first-order chi connectivity index (χ1) is 13.6. The smallest absolute Gasteiger partial charge is 0.344 e. The van der Waals surface area contributed by atoms with Crippen molar-refractivity contribution >= 4 is 11.9 Å². The van der Waals surface area contributed by atoms with Crippen LogP contribution < -0.4 is 4.74 Å². The van der Waals surface area contributed by atoms with Gasteiger partial charge in [-0.1, -0.05) is 45.2 Å². The molecule has 0 saturated carbocycles. The highest BCUT2D eigenvalue weighted by Crippen LogP contribution is 2.18. The number of hydrogen-bond acceptors (Lipinski definition) is 5. The monoisotopic (exact) mass is 379 g/mol. The van der Waals surface area contributed by atoms with Gasteiger partial charge in [0.05, 0.1) is 29.4 Å². The number of hydrogen-bond donors (Lipinski definition) is 0. The molecule has 0 saturated heterocycles. The van der Waals surface area contributed by atoms with E-state index in [2.05, 4.69) is 13.8 Å². The van der Waals surface area contributed by atoms with E-state index < -0.39 is 11.9 Å². The van der Waals surface area contributed by atoms with E-state index in [0.717, 1.165) is 25.7 Å². The summed E-state index contributed by atoms with van der Waals surface area (Å²) in [4.78, 5) is 25.1. The van der Waals surface area contributed by atoms with Crippen LogP contribution in [0.5, 0.6) is 5.75 Å². The number of carbonyl (C=O) groups excluding carboxylic acids is 2. The van der Waals surface area contributed by atoms with Crippen molar-refractivity contribution in [3.05, 3.63) is 65.2 Å². The van der Waals surface area contributed by atoms with Crippen LogP contribution in [0.4, 0.5) is 0 Å². The highest BCUT2D eigenvalue weighted by molar-refractivity contribution is 6.03. The number of benzene rings is 2. The van der Waals surface area contributed by atoms with E-state index in [1.54, 1.807) is 30.3 Å². The van der Waals surface area contributed by atoms with Gasteiger partial charge < -0.3 is 9.47 Å². The van der Waals surface area contributed by atoms with Crippen molar-refractivity contribution in [3.63, 3.8) is 0 Å². The zero-order chi connectivity index (χ0) is 20.4. The van der Waals surface area contributed by atoms with Gasteiger partial charge in [-0.3, -0.25) is 0 Å². The third-order valence-corrected chi connectivity index (χ3v) is 4.55. The molecule has 0 spiro atoms. The molecule has 146 valence electrons. The molecule has 0 aromatic heterocycles. The molecule has 2 rings (SSSR count). The lowest BCUT2D eigenvalue weighted by Gasteiger charge is -2.15. The average Bonchev–Trinajstić information content (AvgIpc) is 2.74. The normalized spacial score (nSPS) is 11.3. The number of ether oxygens (including phenoxy) is 2. The summed E-state index contributed by atoms with van der Waals surface area (Å²) in [5.74, 6) is -0.544. The minimum Gasteiger partial charge on any atom is -0.462 e. The highest BCUT2D eigenvalue weighted by atomic mass is 16.5. The van der Waals surface area contributed by atoms with Gasteiger partial charge in [0.2, 0.25) is 0 Å². The predicted octanol–water partition coefficient (Wildman–Crippen LogP) is 5.15. The molecule has 5 nitrogen and oxygen atoms in total. The van der Waals surface area contributed by atoms with Gasteiger partial charge in [-0.15, -0.1) is 0 Å². The summed E-state index contributed by atoms with van der Waals surface area (Å²) < 4.78 is 10.8. The molecule has 2 aromatic carbocycles. The van der Waals surface area contributed by atoms with Crippen molar-refractivity contribution in [1.29, 1.82) is 5.26 Å². The standard InChI is InChI=1S/C23H25NO4/c1-3-5-8-17(4-2)16-27-22(25)20-9-6-7-10-21(20)23(26)28-19-13-11-18(15-24)12-14-19/h6-7,9-14,17H,3-5,8,16H2,1-2H3. The molecular weight excluding hydrogens is 354 g/mol. The quantitative estimate of drug-likeness (QED) is 0.445. The van der Waals surface area contributed by atoms with Gasteiger partial charge in [-0.2, -0.15) is 5.26 Å². The molecular formula is C23H25NO4. The van der Waals surface area contributed by atoms with E-state index in [0.29, 0.717) is 23.8 Å². The van der Waals surface area contributed by atoms with Crippen LogP contribution in [0.3, 0.4) is 0 Å². The second-order valence-electron chi connectivity index (χ2n) is 6.59. The summed E-state index contributed by atoms with van der Waals surface area (Å²) in [7, 11) is 0. The van der Waals surface area contributed by atoms with Crippen LogP contribution >= 0.6 is 0 Å². The third kappa shape index (κ3) is 5.95. The van der Waals surface area contributed by atoms with E-state index in [1.165, 1.54) is 18.2 Å². The first-order valence-electron chi connectivity index (χ1n) is 9.57. The molecule has 0 bridgehead atoms. The number of nitrogens with zero attached hydrogens (tertiary/aromatic N) is 1. The molecule has 1 unspecified atom stereocenters. The van der Waals surface area contributed by atoms with Crippen LogP contribution in [0, 0.1) is 17.2 Å². The third-order valence-electron chi connectivity index (χ3n) is 4.55. The Labute approximate surface area is 165 Å².